The molecule has 7 rings (SSSR count). The molecule has 7 aromatic rings. The average molecular weight is 859 g/mol. The molecule has 0 amide bonds. The molecule has 0 aliphatic heterocycles. The Balaban J connectivity index is 0.959. The molecule has 0 fully saturated rings. The Morgan fingerprint density at radius 3 is 1.59 bits per heavy atom. The third-order valence-electron chi connectivity index (χ3n) is 9.98. The van der Waals surface area contributed by atoms with Crippen molar-refractivity contribution in [3.8, 4) is 28.7 Å². The largest absolute Gasteiger partial charge is 0.457 e. The summed E-state index contributed by atoms with van der Waals surface area (Å²) < 4.78 is 39.0. The van der Waals surface area contributed by atoms with Crippen LogP contribution in [0.2, 0.25) is 0 Å². The van der Waals surface area contributed by atoms with E-state index in [1.807, 2.05) is 19.9 Å². The van der Waals surface area contributed by atoms with Gasteiger partial charge in [-0.15, -0.1) is 0 Å². The summed E-state index contributed by atoms with van der Waals surface area (Å²) in [7, 11) is 0. The Kier molecular flexibility index (Phi) is 13.8. The van der Waals surface area contributed by atoms with Gasteiger partial charge in [-0.25, -0.2) is 24.0 Å². The van der Waals surface area contributed by atoms with E-state index in [1.54, 1.807) is 121 Å². The summed E-state index contributed by atoms with van der Waals surface area (Å²) in [5.74, 6) is -0.885. The number of aryl methyl sites for hydroxylation is 1. The van der Waals surface area contributed by atoms with Crippen LogP contribution >= 0.6 is 0 Å². The maximum absolute atomic E-state index is 13.3. The molecule has 0 aliphatic carbocycles. The van der Waals surface area contributed by atoms with Crippen molar-refractivity contribution >= 4 is 62.2 Å². The molecule has 1 atom stereocenters. The first-order chi connectivity index (χ1) is 31.0. The summed E-state index contributed by atoms with van der Waals surface area (Å²) in [5, 5.41) is 4.66. The van der Waals surface area contributed by atoms with Gasteiger partial charge in [-0.3, -0.25) is 0 Å². The molecule has 1 unspecified atom stereocenters. The quantitative estimate of drug-likeness (QED) is 0.0371. The topological polar surface area (TPSA) is 150 Å². The van der Waals surface area contributed by atoms with Gasteiger partial charge in [0.15, 0.2) is 0 Å². The predicted octanol–water partition coefficient (Wildman–Crippen LogP) is 10.7. The Morgan fingerprint density at radius 2 is 1.00 bits per heavy atom. The van der Waals surface area contributed by atoms with Gasteiger partial charge >= 0.3 is 29.8 Å². The van der Waals surface area contributed by atoms with Crippen molar-refractivity contribution in [2.75, 3.05) is 6.79 Å². The van der Waals surface area contributed by atoms with Gasteiger partial charge in [-0.1, -0.05) is 63.4 Å². The second kappa shape index (κ2) is 20.1. The third kappa shape index (κ3) is 10.8. The van der Waals surface area contributed by atoms with Crippen LogP contribution in [0.1, 0.15) is 63.3 Å². The van der Waals surface area contributed by atoms with Gasteiger partial charge in [-0.05, 0) is 142 Å². The number of carbonyl (C=O) groups is 5. The van der Waals surface area contributed by atoms with E-state index in [4.69, 9.17) is 33.2 Å². The van der Waals surface area contributed by atoms with Crippen molar-refractivity contribution in [1.82, 2.24) is 0 Å². The Labute approximate surface area is 368 Å². The lowest BCUT2D eigenvalue weighted by atomic mass is 10.1. The minimum absolute atomic E-state index is 0.258. The normalized spacial score (nSPS) is 11.3. The van der Waals surface area contributed by atoms with Gasteiger partial charge in [0.2, 0.25) is 13.1 Å². The molecular weight excluding hydrogens is 817 g/mol. The molecule has 0 N–H and O–H groups in total. The van der Waals surface area contributed by atoms with Crippen molar-refractivity contribution in [2.24, 2.45) is 0 Å². The highest BCUT2D eigenvalue weighted by Gasteiger charge is 2.19. The minimum atomic E-state index is -0.859. The van der Waals surface area contributed by atoms with Crippen LogP contribution in [0.25, 0.3) is 32.3 Å². The highest BCUT2D eigenvalue weighted by molar-refractivity contribution is 5.99. The van der Waals surface area contributed by atoms with Crippen molar-refractivity contribution in [3.05, 3.63) is 175 Å². The summed E-state index contributed by atoms with van der Waals surface area (Å²) in [6, 6.07) is 35.9. The van der Waals surface area contributed by atoms with E-state index in [0.29, 0.717) is 64.5 Å². The molecule has 0 aliphatic rings. The molecule has 12 nitrogen and oxygen atoms in total. The zero-order chi connectivity index (χ0) is 45.2. The van der Waals surface area contributed by atoms with E-state index in [-0.39, 0.29) is 12.5 Å². The minimum Gasteiger partial charge on any atom is -0.457 e. The predicted molar refractivity (Wildman–Crippen MR) is 240 cm³/mol. The molecular formula is C52H42O12. The van der Waals surface area contributed by atoms with Crippen molar-refractivity contribution in [2.45, 2.75) is 39.4 Å². The molecule has 0 spiro atoms. The van der Waals surface area contributed by atoms with Crippen LogP contribution in [0.4, 0.5) is 0 Å². The Hall–Kier alpha value is -8.25. The van der Waals surface area contributed by atoms with Gasteiger partial charge in [0.1, 0.15) is 28.7 Å². The summed E-state index contributed by atoms with van der Waals surface area (Å²) in [4.78, 5) is 62.6. The highest BCUT2D eigenvalue weighted by atomic mass is 16.7. The lowest BCUT2D eigenvalue weighted by Gasteiger charge is -2.19. The second-order valence-corrected chi connectivity index (χ2v) is 14.4. The van der Waals surface area contributed by atoms with Crippen LogP contribution in [-0.4, -0.2) is 42.9 Å². The zero-order valence-corrected chi connectivity index (χ0v) is 35.0. The van der Waals surface area contributed by atoms with E-state index in [9.17, 15) is 24.0 Å². The van der Waals surface area contributed by atoms with Crippen LogP contribution in [-0.2, 0) is 25.5 Å². The summed E-state index contributed by atoms with van der Waals surface area (Å²) in [6.45, 7) is 10.4. The van der Waals surface area contributed by atoms with Crippen LogP contribution in [0.15, 0.2) is 153 Å². The van der Waals surface area contributed by atoms with Crippen LogP contribution in [0, 0.1) is 0 Å². The Bertz CT molecular complexity index is 2950. The Morgan fingerprint density at radius 1 is 0.516 bits per heavy atom. The number of rotatable bonds is 17. The SMILES string of the molecule is C=CC(=O)OCOc1ccc2cc(C(=O)OC(CCC)Oc3ccc4cc(C(=O)Oc5ccc(OC(=O)c6ccc7cc(OC(=O)C=C)ccc7c6)c(CC)c5)ccc4c3)ccc2c1. The van der Waals surface area contributed by atoms with Crippen molar-refractivity contribution in [3.63, 3.8) is 0 Å². The highest BCUT2D eigenvalue weighted by Crippen LogP contribution is 2.30. The zero-order valence-electron chi connectivity index (χ0n) is 35.0. The number of esters is 5. The number of hydrogen-bond acceptors (Lipinski definition) is 12. The molecule has 0 radical (unpaired) electrons. The van der Waals surface area contributed by atoms with Crippen LogP contribution in [0.3, 0.4) is 0 Å². The number of hydrogen-bond donors (Lipinski definition) is 0. The monoisotopic (exact) mass is 858 g/mol. The third-order valence-corrected chi connectivity index (χ3v) is 9.98. The van der Waals surface area contributed by atoms with Crippen molar-refractivity contribution in [1.29, 1.82) is 0 Å². The first-order valence-electron chi connectivity index (χ1n) is 20.3. The maximum Gasteiger partial charge on any atom is 0.343 e. The van der Waals surface area contributed by atoms with Crippen LogP contribution in [0.5, 0.6) is 28.7 Å². The van der Waals surface area contributed by atoms with E-state index < -0.39 is 36.1 Å². The summed E-state index contributed by atoms with van der Waals surface area (Å²) in [6.07, 6.45) is 2.92. The van der Waals surface area contributed by atoms with Gasteiger partial charge in [0, 0.05) is 18.6 Å². The first-order valence-corrected chi connectivity index (χ1v) is 20.3. The van der Waals surface area contributed by atoms with E-state index >= 15 is 0 Å². The van der Waals surface area contributed by atoms with E-state index in [0.717, 1.165) is 44.5 Å². The molecule has 322 valence electrons. The number of ether oxygens (including phenoxy) is 7. The molecule has 12 heteroatoms. The fraction of sp³-hybridized carbons (Fsp3) is 0.135. The fourth-order valence-electron chi connectivity index (χ4n) is 6.69. The number of carbonyl (C=O) groups excluding carboxylic acids is 5. The molecule has 0 heterocycles. The lowest BCUT2D eigenvalue weighted by Crippen LogP contribution is -2.24. The summed E-state index contributed by atoms with van der Waals surface area (Å²) in [5.41, 5.74) is 1.66. The average Bonchev–Trinajstić information content (AvgIpc) is 3.31. The van der Waals surface area contributed by atoms with E-state index in [2.05, 4.69) is 13.2 Å². The molecule has 0 bridgehead atoms. The standard InChI is InChI=1S/C52H42O12/c1-5-9-49(64-52(57)41-15-10-36-28-42(19-16-33(36)26-41)58-31-59-47(53)7-3)61-44-21-18-35-24-39(13-11-38(35)30-44)50(55)62-45-22-23-46(32(6-2)27-45)63-51(56)40-14-12-37-29-43(60-48(54)8-4)20-17-34(37)25-40/h7-8,10-30,49H,3-6,9,31H2,1-2H3. The van der Waals surface area contributed by atoms with Gasteiger partial charge in [0.25, 0.3) is 0 Å². The smallest absolute Gasteiger partial charge is 0.343 e. The summed E-state index contributed by atoms with van der Waals surface area (Å²) >= 11 is 0. The van der Waals surface area contributed by atoms with Gasteiger partial charge in [0.05, 0.1) is 16.7 Å². The van der Waals surface area contributed by atoms with Crippen LogP contribution < -0.4 is 23.7 Å². The molecule has 7 aromatic carbocycles. The van der Waals surface area contributed by atoms with Gasteiger partial charge in [-0.2, -0.15) is 0 Å². The fourth-order valence-corrected chi connectivity index (χ4v) is 6.69. The molecule has 0 saturated carbocycles. The molecule has 0 saturated heterocycles. The maximum atomic E-state index is 13.3. The second-order valence-electron chi connectivity index (χ2n) is 14.4. The first kappa shape index (κ1) is 43.8. The van der Waals surface area contributed by atoms with Crippen molar-refractivity contribution < 1.29 is 57.1 Å². The van der Waals surface area contributed by atoms with Gasteiger partial charge < -0.3 is 33.2 Å². The number of benzene rings is 7. The van der Waals surface area contributed by atoms with E-state index in [1.165, 1.54) is 0 Å². The lowest BCUT2D eigenvalue weighted by molar-refractivity contribution is -0.144. The number of fused-ring (bicyclic) bond motifs is 3. The molecule has 64 heavy (non-hydrogen) atoms. The molecule has 0 aromatic heterocycles.